The van der Waals surface area contributed by atoms with Gasteiger partial charge in [0.2, 0.25) is 5.91 Å². The lowest BCUT2D eigenvalue weighted by Gasteiger charge is -2.36. The van der Waals surface area contributed by atoms with Crippen LogP contribution in [0.3, 0.4) is 0 Å². The first kappa shape index (κ1) is 19.1. The Hall–Kier alpha value is -2.64. The molecule has 2 aliphatic rings. The van der Waals surface area contributed by atoms with Gasteiger partial charge in [0, 0.05) is 26.2 Å². The predicted molar refractivity (Wildman–Crippen MR) is 98.8 cm³/mol. The molecular formula is C19H25FN4O3. The molecule has 146 valence electrons. The van der Waals surface area contributed by atoms with Crippen LogP contribution in [0.1, 0.15) is 26.7 Å². The average molecular weight is 376 g/mol. The van der Waals surface area contributed by atoms with Crippen molar-refractivity contribution in [3.63, 3.8) is 0 Å². The fourth-order valence-electron chi connectivity index (χ4n) is 3.69. The van der Waals surface area contributed by atoms with Crippen LogP contribution in [0.5, 0.6) is 0 Å². The zero-order valence-electron chi connectivity index (χ0n) is 15.7. The van der Waals surface area contributed by atoms with Crippen LogP contribution in [0.2, 0.25) is 0 Å². The van der Waals surface area contributed by atoms with Gasteiger partial charge in [-0.1, -0.05) is 26.0 Å². The summed E-state index contributed by atoms with van der Waals surface area (Å²) in [6.07, 6.45) is 0.972. The van der Waals surface area contributed by atoms with Crippen molar-refractivity contribution in [2.75, 3.05) is 37.6 Å². The summed E-state index contributed by atoms with van der Waals surface area (Å²) in [7, 11) is 0. The third-order valence-corrected chi connectivity index (χ3v) is 5.57. The number of hydrogen-bond acceptors (Lipinski definition) is 4. The van der Waals surface area contributed by atoms with E-state index < -0.39 is 11.6 Å². The average Bonchev–Trinajstić information content (AvgIpc) is 2.93. The van der Waals surface area contributed by atoms with E-state index in [4.69, 9.17) is 0 Å². The Morgan fingerprint density at radius 1 is 1.11 bits per heavy atom. The van der Waals surface area contributed by atoms with E-state index in [1.165, 1.54) is 6.07 Å². The smallest absolute Gasteiger partial charge is 0.325 e. The van der Waals surface area contributed by atoms with Crippen LogP contribution in [0.4, 0.5) is 14.9 Å². The number of imide groups is 1. The third kappa shape index (κ3) is 3.48. The minimum Gasteiger partial charge on any atom is -0.366 e. The fraction of sp³-hybridized carbons (Fsp3) is 0.526. The van der Waals surface area contributed by atoms with Crippen LogP contribution in [0, 0.1) is 5.82 Å². The molecule has 1 aromatic rings. The number of benzene rings is 1. The van der Waals surface area contributed by atoms with Gasteiger partial charge in [0.15, 0.2) is 0 Å². The number of amides is 4. The van der Waals surface area contributed by atoms with E-state index in [0.29, 0.717) is 44.7 Å². The lowest BCUT2D eigenvalue weighted by molar-refractivity contribution is -0.139. The first-order chi connectivity index (χ1) is 12.9. The zero-order valence-corrected chi connectivity index (χ0v) is 15.7. The summed E-state index contributed by atoms with van der Waals surface area (Å²) in [5.41, 5.74) is -0.379. The van der Waals surface area contributed by atoms with Crippen molar-refractivity contribution in [3.8, 4) is 0 Å². The number of anilines is 1. The predicted octanol–water partition coefficient (Wildman–Crippen LogP) is 1.58. The first-order valence-corrected chi connectivity index (χ1v) is 9.33. The Balaban J connectivity index is 1.60. The molecular weight excluding hydrogens is 351 g/mol. The Bertz CT molecular complexity index is 742. The number of carbonyl (C=O) groups excluding carboxylic acids is 3. The molecule has 0 bridgehead atoms. The number of nitrogens with one attached hydrogen (secondary N) is 1. The summed E-state index contributed by atoms with van der Waals surface area (Å²) in [6.45, 7) is 5.27. The molecule has 2 fully saturated rings. The standard InChI is InChI=1S/C19H25FN4O3/c1-3-19(4-2)17(26)24(18(27)21-19)13-16(25)23-11-9-22(10-12-23)15-8-6-5-7-14(15)20/h5-8H,3-4,9-13H2,1-2H3,(H,21,27). The van der Waals surface area contributed by atoms with Crippen LogP contribution >= 0.6 is 0 Å². The molecule has 7 nitrogen and oxygen atoms in total. The van der Waals surface area contributed by atoms with Gasteiger partial charge in [-0.2, -0.15) is 0 Å². The van der Waals surface area contributed by atoms with Gasteiger partial charge in [0.25, 0.3) is 5.91 Å². The van der Waals surface area contributed by atoms with Crippen LogP contribution < -0.4 is 10.2 Å². The monoisotopic (exact) mass is 376 g/mol. The van der Waals surface area contributed by atoms with E-state index in [9.17, 15) is 18.8 Å². The number of para-hydroxylation sites is 1. The van der Waals surface area contributed by atoms with Crippen LogP contribution in [-0.2, 0) is 9.59 Å². The van der Waals surface area contributed by atoms with Gasteiger partial charge in [-0.3, -0.25) is 14.5 Å². The van der Waals surface area contributed by atoms with E-state index in [1.54, 1.807) is 23.1 Å². The summed E-state index contributed by atoms with van der Waals surface area (Å²) in [5.74, 6) is -0.891. The summed E-state index contributed by atoms with van der Waals surface area (Å²) < 4.78 is 13.9. The minimum absolute atomic E-state index is 0.258. The molecule has 27 heavy (non-hydrogen) atoms. The summed E-state index contributed by atoms with van der Waals surface area (Å²) in [5, 5.41) is 2.73. The highest BCUT2D eigenvalue weighted by Gasteiger charge is 2.49. The highest BCUT2D eigenvalue weighted by atomic mass is 19.1. The lowest BCUT2D eigenvalue weighted by Crippen LogP contribution is -2.52. The zero-order chi connectivity index (χ0) is 19.6. The summed E-state index contributed by atoms with van der Waals surface area (Å²) in [6, 6.07) is 6.04. The third-order valence-electron chi connectivity index (χ3n) is 5.57. The van der Waals surface area contributed by atoms with E-state index >= 15 is 0 Å². The van der Waals surface area contributed by atoms with Crippen LogP contribution in [0.15, 0.2) is 24.3 Å². The topological polar surface area (TPSA) is 73.0 Å². The molecule has 0 aromatic heterocycles. The van der Waals surface area contributed by atoms with Gasteiger partial charge in [-0.25, -0.2) is 9.18 Å². The van der Waals surface area contributed by atoms with Crippen molar-refractivity contribution in [1.29, 1.82) is 0 Å². The van der Waals surface area contributed by atoms with Gasteiger partial charge < -0.3 is 15.1 Å². The molecule has 0 aliphatic carbocycles. The second kappa shape index (κ2) is 7.54. The molecule has 0 saturated carbocycles. The van der Waals surface area contributed by atoms with Crippen molar-refractivity contribution in [2.24, 2.45) is 0 Å². The maximum absolute atomic E-state index is 13.9. The maximum Gasteiger partial charge on any atom is 0.325 e. The van der Waals surface area contributed by atoms with Gasteiger partial charge in [-0.05, 0) is 25.0 Å². The molecule has 3 rings (SSSR count). The van der Waals surface area contributed by atoms with Crippen molar-refractivity contribution in [2.45, 2.75) is 32.2 Å². The molecule has 0 atom stereocenters. The number of nitrogens with zero attached hydrogens (tertiary/aromatic N) is 3. The second-order valence-corrected chi connectivity index (χ2v) is 6.93. The number of piperazine rings is 1. The SMILES string of the molecule is CCC1(CC)NC(=O)N(CC(=O)N2CCN(c3ccccc3F)CC2)C1=O. The highest BCUT2D eigenvalue weighted by Crippen LogP contribution is 2.25. The Kier molecular flexibility index (Phi) is 5.34. The number of carbonyl (C=O) groups is 3. The number of urea groups is 1. The van der Waals surface area contributed by atoms with Crippen molar-refractivity contribution in [1.82, 2.24) is 15.1 Å². The largest absolute Gasteiger partial charge is 0.366 e. The molecule has 8 heteroatoms. The fourth-order valence-corrected chi connectivity index (χ4v) is 3.69. The normalized spacial score (nSPS) is 19.4. The van der Waals surface area contributed by atoms with Gasteiger partial charge in [0.1, 0.15) is 17.9 Å². The molecule has 0 spiro atoms. The molecule has 4 amide bonds. The van der Waals surface area contributed by atoms with E-state index in [-0.39, 0.29) is 24.2 Å². The first-order valence-electron chi connectivity index (χ1n) is 9.33. The van der Waals surface area contributed by atoms with Crippen LogP contribution in [0.25, 0.3) is 0 Å². The number of hydrogen-bond donors (Lipinski definition) is 1. The summed E-state index contributed by atoms with van der Waals surface area (Å²) in [4.78, 5) is 41.9. The molecule has 1 aromatic carbocycles. The summed E-state index contributed by atoms with van der Waals surface area (Å²) >= 11 is 0. The van der Waals surface area contributed by atoms with Crippen molar-refractivity contribution in [3.05, 3.63) is 30.1 Å². The highest BCUT2D eigenvalue weighted by molar-refractivity contribution is 6.09. The molecule has 1 N–H and O–H groups in total. The molecule has 0 unspecified atom stereocenters. The number of rotatable bonds is 5. The lowest BCUT2D eigenvalue weighted by atomic mass is 9.93. The molecule has 2 heterocycles. The molecule has 2 saturated heterocycles. The van der Waals surface area contributed by atoms with Gasteiger partial charge in [0.05, 0.1) is 5.69 Å². The van der Waals surface area contributed by atoms with Crippen molar-refractivity contribution < 1.29 is 18.8 Å². The Morgan fingerprint density at radius 2 is 1.74 bits per heavy atom. The van der Waals surface area contributed by atoms with Gasteiger partial charge >= 0.3 is 6.03 Å². The van der Waals surface area contributed by atoms with Crippen LogP contribution in [-0.4, -0.2) is 65.9 Å². The van der Waals surface area contributed by atoms with E-state index in [2.05, 4.69) is 5.32 Å². The maximum atomic E-state index is 13.9. The minimum atomic E-state index is -0.902. The Morgan fingerprint density at radius 3 is 2.30 bits per heavy atom. The second-order valence-electron chi connectivity index (χ2n) is 6.93. The van der Waals surface area contributed by atoms with E-state index in [1.807, 2.05) is 18.7 Å². The quantitative estimate of drug-likeness (QED) is 0.792. The molecule has 0 radical (unpaired) electrons. The van der Waals surface area contributed by atoms with E-state index in [0.717, 1.165) is 4.90 Å². The Labute approximate surface area is 158 Å². The van der Waals surface area contributed by atoms with Crippen molar-refractivity contribution >= 4 is 23.5 Å². The van der Waals surface area contributed by atoms with Gasteiger partial charge in [-0.15, -0.1) is 0 Å². The number of halogens is 1. The molecule has 2 aliphatic heterocycles.